The van der Waals surface area contributed by atoms with E-state index in [1.807, 2.05) is 0 Å². The Morgan fingerprint density at radius 1 is 1.20 bits per heavy atom. The third-order valence-corrected chi connectivity index (χ3v) is 6.10. The Labute approximate surface area is 200 Å². The van der Waals surface area contributed by atoms with Gasteiger partial charge in [0, 0.05) is 38.3 Å². The van der Waals surface area contributed by atoms with E-state index in [0.717, 1.165) is 17.5 Å². The summed E-state index contributed by atoms with van der Waals surface area (Å²) in [6, 6.07) is 7.10. The lowest BCUT2D eigenvalue weighted by molar-refractivity contribution is -0.127. The molecule has 3 N–H and O–H groups in total. The highest BCUT2D eigenvalue weighted by Gasteiger charge is 2.26. The second kappa shape index (κ2) is 10.2. The Morgan fingerprint density at radius 3 is 2.60 bits per heavy atom. The molecule has 1 aliphatic rings. The third kappa shape index (κ3) is 5.17. The van der Waals surface area contributed by atoms with E-state index in [4.69, 9.17) is 0 Å². The van der Waals surface area contributed by atoms with Crippen molar-refractivity contribution in [3.63, 3.8) is 0 Å². The predicted molar refractivity (Wildman–Crippen MR) is 127 cm³/mol. The van der Waals surface area contributed by atoms with Crippen molar-refractivity contribution in [3.05, 3.63) is 69.4 Å². The lowest BCUT2D eigenvalue weighted by Crippen LogP contribution is -2.40. The van der Waals surface area contributed by atoms with Crippen LogP contribution in [0.1, 0.15) is 41.3 Å². The zero-order chi connectivity index (χ0) is 25.1. The van der Waals surface area contributed by atoms with E-state index < -0.39 is 28.8 Å². The van der Waals surface area contributed by atoms with Gasteiger partial charge in [0.05, 0.1) is 12.1 Å². The van der Waals surface area contributed by atoms with Crippen LogP contribution in [0, 0.1) is 5.82 Å². The molecule has 2 amide bonds. The molecule has 9 nitrogen and oxygen atoms in total. The number of carbonyl (C=O) groups excluding carboxylic acids is 2. The molecule has 0 bridgehead atoms. The number of fused-ring (bicyclic) bond motifs is 1. The summed E-state index contributed by atoms with van der Waals surface area (Å²) in [4.78, 5) is 44.3. The molecule has 1 fully saturated rings. The van der Waals surface area contributed by atoms with E-state index in [1.54, 1.807) is 30.0 Å². The monoisotopic (exact) mass is 482 g/mol. The Morgan fingerprint density at radius 2 is 1.94 bits per heavy atom. The van der Waals surface area contributed by atoms with Crippen LogP contribution in [-0.2, 0) is 17.8 Å². The molecule has 1 unspecified atom stereocenters. The summed E-state index contributed by atoms with van der Waals surface area (Å²) in [5, 5.41) is 22.6. The van der Waals surface area contributed by atoms with Gasteiger partial charge in [0.1, 0.15) is 16.9 Å². The lowest BCUT2D eigenvalue weighted by atomic mass is 10.1. The number of amides is 2. The fraction of sp³-hybridized carbons (Fsp3) is 0.360. The summed E-state index contributed by atoms with van der Waals surface area (Å²) < 4.78 is 14.6. The van der Waals surface area contributed by atoms with Crippen molar-refractivity contribution >= 4 is 22.8 Å². The van der Waals surface area contributed by atoms with Gasteiger partial charge in [0.15, 0.2) is 5.75 Å². The maximum absolute atomic E-state index is 13.4. The summed E-state index contributed by atoms with van der Waals surface area (Å²) in [6.45, 7) is 2.20. The second-order valence-corrected chi connectivity index (χ2v) is 8.74. The number of aliphatic hydroxyl groups excluding tert-OH is 1. The molecule has 0 aliphatic carbocycles. The van der Waals surface area contributed by atoms with Crippen molar-refractivity contribution in [2.45, 2.75) is 38.8 Å². The number of aromatic nitrogens is 2. The summed E-state index contributed by atoms with van der Waals surface area (Å²) in [5.74, 6) is -1.71. The predicted octanol–water partition coefficient (Wildman–Crippen LogP) is 1.57. The van der Waals surface area contributed by atoms with Crippen LogP contribution in [0.5, 0.6) is 5.75 Å². The van der Waals surface area contributed by atoms with Gasteiger partial charge in [0.2, 0.25) is 5.91 Å². The largest absolute Gasteiger partial charge is 0.505 e. The fourth-order valence-corrected chi connectivity index (χ4v) is 4.21. The molecule has 3 heterocycles. The third-order valence-electron chi connectivity index (χ3n) is 6.10. The van der Waals surface area contributed by atoms with Gasteiger partial charge < -0.3 is 25.0 Å². The van der Waals surface area contributed by atoms with Gasteiger partial charge in [-0.2, -0.15) is 0 Å². The molecule has 1 aromatic carbocycles. The molecule has 4 rings (SSSR count). The van der Waals surface area contributed by atoms with Crippen molar-refractivity contribution in [1.82, 2.24) is 19.8 Å². The average Bonchev–Trinajstić information content (AvgIpc) is 3.25. The molecule has 1 saturated heterocycles. The first kappa shape index (κ1) is 24.3. The number of benzene rings is 1. The number of aliphatic hydroxyl groups is 1. The van der Waals surface area contributed by atoms with Gasteiger partial charge in [-0.25, -0.2) is 4.39 Å². The fourth-order valence-electron chi connectivity index (χ4n) is 4.21. The Hall–Kier alpha value is -3.79. The number of nitrogens with one attached hydrogen (secondary N) is 1. The van der Waals surface area contributed by atoms with Crippen LogP contribution in [0.2, 0.25) is 0 Å². The summed E-state index contributed by atoms with van der Waals surface area (Å²) in [5.41, 5.74) is 0.768. The molecule has 1 aliphatic heterocycles. The zero-order valence-corrected chi connectivity index (χ0v) is 19.3. The van der Waals surface area contributed by atoms with Crippen LogP contribution in [0.4, 0.5) is 4.39 Å². The number of hydrogen-bond donors (Lipinski definition) is 3. The number of aromatic hydroxyl groups is 1. The maximum Gasteiger partial charge on any atom is 0.267 e. The summed E-state index contributed by atoms with van der Waals surface area (Å²) in [6.07, 6.45) is 3.16. The topological polar surface area (TPSA) is 125 Å². The minimum Gasteiger partial charge on any atom is -0.505 e. The summed E-state index contributed by atoms with van der Waals surface area (Å²) >= 11 is 0. The van der Waals surface area contributed by atoms with Crippen molar-refractivity contribution in [2.75, 3.05) is 19.7 Å². The van der Waals surface area contributed by atoms with E-state index in [1.165, 1.54) is 22.9 Å². The molecule has 3 aromatic rings. The minimum atomic E-state index is -0.820. The van der Waals surface area contributed by atoms with E-state index >= 15 is 0 Å². The van der Waals surface area contributed by atoms with Crippen LogP contribution in [0.25, 0.3) is 11.0 Å². The van der Waals surface area contributed by atoms with Gasteiger partial charge >= 0.3 is 0 Å². The van der Waals surface area contributed by atoms with Gasteiger partial charge in [0.25, 0.3) is 11.5 Å². The lowest BCUT2D eigenvalue weighted by Gasteiger charge is -2.19. The van der Waals surface area contributed by atoms with Crippen molar-refractivity contribution in [2.24, 2.45) is 0 Å². The van der Waals surface area contributed by atoms with E-state index in [9.17, 15) is 29.0 Å². The van der Waals surface area contributed by atoms with Gasteiger partial charge in [-0.1, -0.05) is 12.1 Å². The molecular weight excluding hydrogens is 455 g/mol. The van der Waals surface area contributed by atoms with Crippen LogP contribution in [-0.4, -0.2) is 62.2 Å². The van der Waals surface area contributed by atoms with Gasteiger partial charge in [-0.15, -0.1) is 0 Å². The Bertz CT molecular complexity index is 1320. The quantitative estimate of drug-likeness (QED) is 0.448. The van der Waals surface area contributed by atoms with Crippen LogP contribution in [0.15, 0.2) is 41.3 Å². The van der Waals surface area contributed by atoms with E-state index in [-0.39, 0.29) is 36.9 Å². The molecule has 184 valence electrons. The highest BCUT2D eigenvalue weighted by atomic mass is 19.1. The van der Waals surface area contributed by atoms with Gasteiger partial charge in [-0.3, -0.25) is 19.4 Å². The highest BCUT2D eigenvalue weighted by molar-refractivity contribution is 6.01. The first-order valence-electron chi connectivity index (χ1n) is 11.5. The number of pyridine rings is 2. The van der Waals surface area contributed by atoms with Crippen LogP contribution >= 0.6 is 0 Å². The van der Waals surface area contributed by atoms with Crippen molar-refractivity contribution in [1.29, 1.82) is 0 Å². The number of carbonyl (C=O) groups is 2. The summed E-state index contributed by atoms with van der Waals surface area (Å²) in [7, 11) is 0. The zero-order valence-electron chi connectivity index (χ0n) is 19.3. The second-order valence-electron chi connectivity index (χ2n) is 8.74. The van der Waals surface area contributed by atoms with Crippen LogP contribution in [0.3, 0.4) is 0 Å². The highest BCUT2D eigenvalue weighted by Crippen LogP contribution is 2.26. The number of likely N-dealkylation sites (tertiary alicyclic amines) is 1. The van der Waals surface area contributed by atoms with E-state index in [2.05, 4.69) is 10.3 Å². The number of rotatable bonds is 8. The smallest absolute Gasteiger partial charge is 0.267 e. The molecule has 1 atom stereocenters. The Kier molecular flexibility index (Phi) is 7.11. The molecule has 35 heavy (non-hydrogen) atoms. The first-order valence-corrected chi connectivity index (χ1v) is 11.5. The number of hydrogen-bond acceptors (Lipinski definition) is 6. The molecule has 0 spiro atoms. The first-order chi connectivity index (χ1) is 16.8. The molecule has 10 heteroatoms. The SMILES string of the molecule is CC(CO)NC(=O)c1c(O)c2ncc(Cc3ccc(F)cc3)cc2n(CCN2CCCC2=O)c1=O. The van der Waals surface area contributed by atoms with Crippen molar-refractivity contribution in [3.8, 4) is 5.75 Å². The average molecular weight is 483 g/mol. The van der Waals surface area contributed by atoms with Crippen LogP contribution < -0.4 is 10.9 Å². The molecule has 2 aromatic heterocycles. The minimum absolute atomic E-state index is 0.00555. The van der Waals surface area contributed by atoms with Gasteiger partial charge in [-0.05, 0) is 49.1 Å². The standard InChI is InChI=1S/C25H27FN4O5/c1-15(14-31)28-24(34)21-23(33)22-19(30(25(21)35)10-9-29-8-2-3-20(29)32)12-17(13-27-22)11-16-4-6-18(26)7-5-16/h4-7,12-13,15,31,33H,2-3,8-11,14H2,1H3,(H,28,34). The number of halogens is 1. The number of nitrogens with zero attached hydrogens (tertiary/aromatic N) is 3. The molecular formula is C25H27FN4O5. The maximum atomic E-state index is 13.4. The molecule has 0 saturated carbocycles. The Balaban J connectivity index is 1.78. The van der Waals surface area contributed by atoms with E-state index in [0.29, 0.717) is 24.9 Å². The normalized spacial score (nSPS) is 14.5. The van der Waals surface area contributed by atoms with Crippen molar-refractivity contribution < 1.29 is 24.2 Å². The molecule has 0 radical (unpaired) electrons.